The minimum absolute atomic E-state index is 0.178. The molecule has 0 unspecified atom stereocenters. The number of fused-ring (bicyclic) bond motifs is 1. The van der Waals surface area contributed by atoms with Gasteiger partial charge >= 0.3 is 0 Å². The van der Waals surface area contributed by atoms with Crippen molar-refractivity contribution in [3.05, 3.63) is 40.3 Å². The van der Waals surface area contributed by atoms with Gasteiger partial charge in [0.1, 0.15) is 17.8 Å². The molecule has 5 heteroatoms. The van der Waals surface area contributed by atoms with E-state index in [2.05, 4.69) is 0 Å². The van der Waals surface area contributed by atoms with Gasteiger partial charge in [0.25, 0.3) is 0 Å². The SMILES string of the molecule is Nc1coc2c(F)cc(F)cc2c1=O. The number of hydrogen-bond acceptors (Lipinski definition) is 3. The maximum atomic E-state index is 13.0. The highest BCUT2D eigenvalue weighted by atomic mass is 19.1. The number of nitrogens with two attached hydrogens (primary N) is 1. The third-order valence-electron chi connectivity index (χ3n) is 1.82. The highest BCUT2D eigenvalue weighted by molar-refractivity contribution is 5.79. The Hall–Kier alpha value is -1.91. The average molecular weight is 197 g/mol. The van der Waals surface area contributed by atoms with Crippen LogP contribution >= 0.6 is 0 Å². The second-order valence-corrected chi connectivity index (χ2v) is 2.78. The molecule has 0 aliphatic heterocycles. The van der Waals surface area contributed by atoms with E-state index in [-0.39, 0.29) is 16.7 Å². The van der Waals surface area contributed by atoms with Crippen LogP contribution in [-0.4, -0.2) is 0 Å². The fourth-order valence-corrected chi connectivity index (χ4v) is 1.18. The minimum atomic E-state index is -0.919. The van der Waals surface area contributed by atoms with E-state index in [0.29, 0.717) is 6.07 Å². The number of halogens is 2. The van der Waals surface area contributed by atoms with Gasteiger partial charge < -0.3 is 10.2 Å². The van der Waals surface area contributed by atoms with Gasteiger partial charge in [-0.1, -0.05) is 0 Å². The second-order valence-electron chi connectivity index (χ2n) is 2.78. The summed E-state index contributed by atoms with van der Waals surface area (Å²) < 4.78 is 30.5. The smallest absolute Gasteiger partial charge is 0.215 e. The molecule has 0 atom stereocenters. The van der Waals surface area contributed by atoms with Gasteiger partial charge in [0.2, 0.25) is 5.43 Å². The molecule has 0 fully saturated rings. The van der Waals surface area contributed by atoms with Crippen LogP contribution in [0.5, 0.6) is 0 Å². The van der Waals surface area contributed by atoms with Crippen molar-refractivity contribution in [3.8, 4) is 0 Å². The summed E-state index contributed by atoms with van der Waals surface area (Å²) in [6, 6.07) is 1.53. The molecule has 2 rings (SSSR count). The third-order valence-corrected chi connectivity index (χ3v) is 1.82. The summed E-state index contributed by atoms with van der Waals surface area (Å²) in [6.45, 7) is 0. The predicted molar refractivity (Wildman–Crippen MR) is 46.8 cm³/mol. The van der Waals surface area contributed by atoms with Crippen LogP contribution in [0.3, 0.4) is 0 Å². The van der Waals surface area contributed by atoms with Crippen molar-refractivity contribution in [3.63, 3.8) is 0 Å². The number of anilines is 1. The highest BCUT2D eigenvalue weighted by Gasteiger charge is 2.10. The molecule has 1 aromatic carbocycles. The summed E-state index contributed by atoms with van der Waals surface area (Å²) in [5.74, 6) is -1.76. The maximum Gasteiger partial charge on any atom is 0.215 e. The van der Waals surface area contributed by atoms with Crippen molar-refractivity contribution in [2.45, 2.75) is 0 Å². The molecule has 0 amide bonds. The van der Waals surface area contributed by atoms with E-state index in [0.717, 1.165) is 12.3 Å². The molecule has 2 aromatic rings. The van der Waals surface area contributed by atoms with E-state index in [9.17, 15) is 13.6 Å². The fourth-order valence-electron chi connectivity index (χ4n) is 1.18. The van der Waals surface area contributed by atoms with Gasteiger partial charge in [0.15, 0.2) is 11.4 Å². The Morgan fingerprint density at radius 2 is 2.00 bits per heavy atom. The van der Waals surface area contributed by atoms with Gasteiger partial charge in [-0.3, -0.25) is 4.79 Å². The first-order valence-corrected chi connectivity index (χ1v) is 3.75. The van der Waals surface area contributed by atoms with Crippen molar-refractivity contribution < 1.29 is 13.2 Å². The summed E-state index contributed by atoms with van der Waals surface area (Å²) in [5.41, 5.74) is 4.14. The molecule has 0 aliphatic carbocycles. The van der Waals surface area contributed by atoms with Crippen LogP contribution in [0.2, 0.25) is 0 Å². The summed E-state index contributed by atoms with van der Waals surface area (Å²) >= 11 is 0. The Morgan fingerprint density at radius 3 is 2.71 bits per heavy atom. The quantitative estimate of drug-likeness (QED) is 0.698. The first kappa shape index (κ1) is 8.68. The fraction of sp³-hybridized carbons (Fsp3) is 0. The Labute approximate surface area is 76.8 Å². The zero-order valence-electron chi connectivity index (χ0n) is 6.88. The van der Waals surface area contributed by atoms with Gasteiger partial charge in [0.05, 0.1) is 5.39 Å². The Bertz CT molecular complexity index is 562. The lowest BCUT2D eigenvalue weighted by Crippen LogP contribution is -2.08. The van der Waals surface area contributed by atoms with Crippen LogP contribution in [0.25, 0.3) is 11.0 Å². The average Bonchev–Trinajstić information content (AvgIpc) is 2.12. The van der Waals surface area contributed by atoms with Crippen molar-refractivity contribution in [2.24, 2.45) is 0 Å². The molecule has 1 aromatic heterocycles. The lowest BCUT2D eigenvalue weighted by atomic mass is 10.2. The van der Waals surface area contributed by atoms with Crippen LogP contribution in [0.4, 0.5) is 14.5 Å². The first-order chi connectivity index (χ1) is 6.59. The van der Waals surface area contributed by atoms with Gasteiger partial charge in [-0.25, -0.2) is 8.78 Å². The number of nitrogen functional groups attached to an aromatic ring is 1. The molecule has 0 saturated carbocycles. The van der Waals surface area contributed by atoms with E-state index in [1.807, 2.05) is 0 Å². The highest BCUT2D eigenvalue weighted by Crippen LogP contribution is 2.17. The summed E-state index contributed by atoms with van der Waals surface area (Å²) in [7, 11) is 0. The Kier molecular flexibility index (Phi) is 1.73. The van der Waals surface area contributed by atoms with Gasteiger partial charge in [0, 0.05) is 6.07 Å². The van der Waals surface area contributed by atoms with E-state index >= 15 is 0 Å². The molecular weight excluding hydrogens is 192 g/mol. The Morgan fingerprint density at radius 1 is 1.29 bits per heavy atom. The van der Waals surface area contributed by atoms with E-state index in [1.165, 1.54) is 0 Å². The topological polar surface area (TPSA) is 56.2 Å². The lowest BCUT2D eigenvalue weighted by molar-refractivity contribution is 0.539. The maximum absolute atomic E-state index is 13.0. The van der Waals surface area contributed by atoms with Crippen LogP contribution in [0, 0.1) is 11.6 Å². The van der Waals surface area contributed by atoms with Crippen LogP contribution in [-0.2, 0) is 0 Å². The first-order valence-electron chi connectivity index (χ1n) is 3.75. The molecular formula is C9H5F2NO2. The van der Waals surface area contributed by atoms with Crippen LogP contribution in [0.15, 0.2) is 27.6 Å². The van der Waals surface area contributed by atoms with Crippen molar-refractivity contribution in [2.75, 3.05) is 5.73 Å². The molecule has 0 spiro atoms. The molecule has 0 saturated heterocycles. The molecule has 0 radical (unpaired) electrons. The molecule has 0 aliphatic rings. The molecule has 14 heavy (non-hydrogen) atoms. The second kappa shape index (κ2) is 2.80. The predicted octanol–water partition coefficient (Wildman–Crippen LogP) is 1.65. The van der Waals surface area contributed by atoms with Gasteiger partial charge in [-0.05, 0) is 6.07 Å². The van der Waals surface area contributed by atoms with E-state index < -0.39 is 17.1 Å². The molecule has 1 heterocycles. The summed E-state index contributed by atoms with van der Waals surface area (Å²) in [4.78, 5) is 11.3. The minimum Gasteiger partial charge on any atom is -0.459 e. The van der Waals surface area contributed by atoms with Gasteiger partial charge in [-0.15, -0.1) is 0 Å². The molecule has 3 nitrogen and oxygen atoms in total. The monoisotopic (exact) mass is 197 g/mol. The molecule has 72 valence electrons. The van der Waals surface area contributed by atoms with Crippen LogP contribution in [0.1, 0.15) is 0 Å². The zero-order chi connectivity index (χ0) is 10.3. The molecule has 0 bridgehead atoms. The number of rotatable bonds is 0. The van der Waals surface area contributed by atoms with E-state index in [4.69, 9.17) is 10.2 Å². The standard InChI is InChI=1S/C9H5F2NO2/c10-4-1-5-8(13)7(12)3-14-9(5)6(11)2-4/h1-3H,12H2. The van der Waals surface area contributed by atoms with Crippen molar-refractivity contribution in [1.29, 1.82) is 0 Å². The third kappa shape index (κ3) is 1.14. The summed E-state index contributed by atoms with van der Waals surface area (Å²) in [6.07, 6.45) is 0.936. The van der Waals surface area contributed by atoms with Crippen molar-refractivity contribution in [1.82, 2.24) is 0 Å². The number of hydrogen-bond donors (Lipinski definition) is 1. The van der Waals surface area contributed by atoms with E-state index in [1.54, 1.807) is 0 Å². The Balaban J connectivity index is 3.03. The molecule has 2 N–H and O–H groups in total. The zero-order valence-corrected chi connectivity index (χ0v) is 6.88. The summed E-state index contributed by atoms with van der Waals surface area (Å²) in [5, 5.41) is -0.192. The van der Waals surface area contributed by atoms with Crippen molar-refractivity contribution >= 4 is 16.7 Å². The van der Waals surface area contributed by atoms with Gasteiger partial charge in [-0.2, -0.15) is 0 Å². The largest absolute Gasteiger partial charge is 0.459 e. The normalized spacial score (nSPS) is 10.7. The van der Waals surface area contributed by atoms with Crippen LogP contribution < -0.4 is 11.2 Å². The number of benzene rings is 1. The lowest BCUT2D eigenvalue weighted by Gasteiger charge is -1.99.